The fourth-order valence-corrected chi connectivity index (χ4v) is 3.02. The smallest absolute Gasteiger partial charge is 0.407 e. The molecule has 0 heterocycles. The summed E-state index contributed by atoms with van der Waals surface area (Å²) in [5, 5.41) is 2.84. The van der Waals surface area contributed by atoms with Crippen LogP contribution in [0.25, 0.3) is 0 Å². The van der Waals surface area contributed by atoms with Crippen LogP contribution in [0.1, 0.15) is 34.1 Å². The predicted molar refractivity (Wildman–Crippen MR) is 74.0 cm³/mol. The van der Waals surface area contributed by atoms with Gasteiger partial charge in [-0.05, 0) is 46.0 Å². The van der Waals surface area contributed by atoms with Crippen molar-refractivity contribution in [1.82, 2.24) is 5.32 Å². The first kappa shape index (κ1) is 14.9. The highest BCUT2D eigenvalue weighted by Crippen LogP contribution is 2.44. The maximum atomic E-state index is 12.1. The quantitative estimate of drug-likeness (QED) is 0.636. The number of rotatable bonds is 3. The van der Waals surface area contributed by atoms with E-state index >= 15 is 0 Å². The Balaban J connectivity index is 2.03. The zero-order chi connectivity index (χ0) is 14.9. The molecule has 4 atom stereocenters. The average Bonchev–Trinajstić information content (AvgIpc) is 2.86. The molecule has 2 bridgehead atoms. The molecular formula is C15H23NO4. The largest absolute Gasteiger partial charge is 0.466 e. The molecule has 2 aliphatic rings. The molecule has 20 heavy (non-hydrogen) atoms. The molecule has 0 spiro atoms. The van der Waals surface area contributed by atoms with Crippen LogP contribution in [0.4, 0.5) is 4.79 Å². The van der Waals surface area contributed by atoms with Crippen molar-refractivity contribution in [1.29, 1.82) is 0 Å². The van der Waals surface area contributed by atoms with E-state index in [0.717, 1.165) is 6.42 Å². The third-order valence-corrected chi connectivity index (χ3v) is 3.70. The summed E-state index contributed by atoms with van der Waals surface area (Å²) in [6.45, 7) is 7.59. The Hall–Kier alpha value is -1.52. The Labute approximate surface area is 119 Å². The fraction of sp³-hybridized carbons (Fsp3) is 0.733. The predicted octanol–water partition coefficient (Wildman–Crippen LogP) is 2.26. The van der Waals surface area contributed by atoms with Gasteiger partial charge in [0.05, 0.1) is 18.6 Å². The van der Waals surface area contributed by atoms with E-state index in [-0.39, 0.29) is 29.8 Å². The van der Waals surface area contributed by atoms with Crippen molar-refractivity contribution in [3.05, 3.63) is 12.2 Å². The number of amides is 1. The van der Waals surface area contributed by atoms with Crippen molar-refractivity contribution in [2.75, 3.05) is 6.61 Å². The summed E-state index contributed by atoms with van der Waals surface area (Å²) in [6.07, 6.45) is 4.55. The van der Waals surface area contributed by atoms with Crippen LogP contribution in [0.3, 0.4) is 0 Å². The second-order valence-corrected chi connectivity index (χ2v) is 6.40. The molecule has 2 aliphatic carbocycles. The molecule has 0 aliphatic heterocycles. The lowest BCUT2D eigenvalue weighted by Gasteiger charge is -2.28. The first-order chi connectivity index (χ1) is 9.31. The van der Waals surface area contributed by atoms with Gasteiger partial charge in [-0.2, -0.15) is 0 Å². The number of esters is 1. The molecule has 5 nitrogen and oxygen atoms in total. The van der Waals surface area contributed by atoms with Gasteiger partial charge in [-0.15, -0.1) is 0 Å². The lowest BCUT2D eigenvalue weighted by atomic mass is 9.89. The zero-order valence-electron chi connectivity index (χ0n) is 12.5. The molecule has 5 heteroatoms. The summed E-state index contributed by atoms with van der Waals surface area (Å²) in [5.74, 6) is -0.163. The molecule has 0 radical (unpaired) electrons. The minimum Gasteiger partial charge on any atom is -0.466 e. The van der Waals surface area contributed by atoms with Crippen LogP contribution in [-0.4, -0.2) is 30.3 Å². The maximum absolute atomic E-state index is 12.1. The molecule has 1 amide bonds. The van der Waals surface area contributed by atoms with Crippen LogP contribution in [0, 0.1) is 17.8 Å². The van der Waals surface area contributed by atoms with Gasteiger partial charge in [0.25, 0.3) is 0 Å². The average molecular weight is 281 g/mol. The SMILES string of the molecule is CCOC(=O)C1C2C=CC(C2)C1NC(=O)OC(C)(C)C. The molecule has 2 rings (SSSR count). The standard InChI is InChI=1S/C15H23NO4/c1-5-19-13(17)11-9-6-7-10(8-9)12(11)16-14(18)20-15(2,3)4/h6-7,9-12H,5,8H2,1-4H3,(H,16,18). The van der Waals surface area contributed by atoms with Gasteiger partial charge in [-0.1, -0.05) is 12.2 Å². The number of hydrogen-bond acceptors (Lipinski definition) is 4. The Bertz CT molecular complexity index is 424. The van der Waals surface area contributed by atoms with E-state index < -0.39 is 11.7 Å². The number of hydrogen-bond donors (Lipinski definition) is 1. The monoisotopic (exact) mass is 281 g/mol. The molecule has 0 aromatic carbocycles. The maximum Gasteiger partial charge on any atom is 0.407 e. The van der Waals surface area contributed by atoms with Gasteiger partial charge in [0.2, 0.25) is 0 Å². The molecule has 0 saturated heterocycles. The van der Waals surface area contributed by atoms with E-state index in [4.69, 9.17) is 9.47 Å². The number of allylic oxidation sites excluding steroid dienone is 1. The third-order valence-electron chi connectivity index (χ3n) is 3.70. The van der Waals surface area contributed by atoms with Gasteiger partial charge in [-0.3, -0.25) is 4.79 Å². The van der Waals surface area contributed by atoms with Crippen LogP contribution in [0.2, 0.25) is 0 Å². The number of alkyl carbamates (subject to hydrolysis) is 1. The van der Waals surface area contributed by atoms with Crippen molar-refractivity contribution in [3.63, 3.8) is 0 Å². The van der Waals surface area contributed by atoms with Crippen LogP contribution in [0.15, 0.2) is 12.2 Å². The van der Waals surface area contributed by atoms with E-state index in [2.05, 4.69) is 17.5 Å². The number of ether oxygens (including phenoxy) is 2. The minimum atomic E-state index is -0.545. The van der Waals surface area contributed by atoms with Crippen molar-refractivity contribution >= 4 is 12.1 Å². The van der Waals surface area contributed by atoms with Gasteiger partial charge in [-0.25, -0.2) is 4.79 Å². The Morgan fingerprint density at radius 1 is 1.25 bits per heavy atom. The molecule has 1 N–H and O–H groups in total. The molecule has 0 aromatic rings. The van der Waals surface area contributed by atoms with E-state index in [0.29, 0.717) is 6.61 Å². The molecule has 1 fully saturated rings. The Morgan fingerprint density at radius 3 is 2.50 bits per heavy atom. The van der Waals surface area contributed by atoms with Crippen molar-refractivity contribution in [2.45, 2.75) is 45.8 Å². The summed E-state index contributed by atoms with van der Waals surface area (Å²) in [4.78, 5) is 24.0. The van der Waals surface area contributed by atoms with Gasteiger partial charge in [0, 0.05) is 0 Å². The molecular weight excluding hydrogens is 258 g/mol. The van der Waals surface area contributed by atoms with Crippen molar-refractivity contribution < 1.29 is 19.1 Å². The number of carbonyl (C=O) groups is 2. The first-order valence-electron chi connectivity index (χ1n) is 7.16. The van der Waals surface area contributed by atoms with Crippen LogP contribution in [0.5, 0.6) is 0 Å². The second kappa shape index (κ2) is 5.46. The molecule has 0 aromatic heterocycles. The molecule has 112 valence electrons. The van der Waals surface area contributed by atoms with E-state index in [1.807, 2.05) is 20.8 Å². The normalized spacial score (nSPS) is 31.2. The van der Waals surface area contributed by atoms with E-state index in [1.165, 1.54) is 0 Å². The summed E-state index contributed by atoms with van der Waals surface area (Å²) >= 11 is 0. The summed E-state index contributed by atoms with van der Waals surface area (Å²) in [6, 6.07) is -0.223. The highest BCUT2D eigenvalue weighted by Gasteiger charge is 2.49. The summed E-state index contributed by atoms with van der Waals surface area (Å²) in [5.41, 5.74) is -0.545. The Kier molecular flexibility index (Phi) is 4.06. The lowest BCUT2D eigenvalue weighted by molar-refractivity contribution is -0.149. The lowest BCUT2D eigenvalue weighted by Crippen LogP contribution is -2.47. The number of nitrogens with one attached hydrogen (secondary N) is 1. The van der Waals surface area contributed by atoms with E-state index in [1.54, 1.807) is 6.92 Å². The topological polar surface area (TPSA) is 64.6 Å². The second-order valence-electron chi connectivity index (χ2n) is 6.40. The van der Waals surface area contributed by atoms with Crippen LogP contribution >= 0.6 is 0 Å². The minimum absolute atomic E-state index is 0.166. The Morgan fingerprint density at radius 2 is 1.90 bits per heavy atom. The van der Waals surface area contributed by atoms with Crippen LogP contribution in [-0.2, 0) is 14.3 Å². The fourth-order valence-electron chi connectivity index (χ4n) is 3.02. The van der Waals surface area contributed by atoms with Gasteiger partial charge < -0.3 is 14.8 Å². The first-order valence-corrected chi connectivity index (χ1v) is 7.16. The third kappa shape index (κ3) is 3.14. The number of fused-ring (bicyclic) bond motifs is 2. The summed E-state index contributed by atoms with van der Waals surface area (Å²) < 4.78 is 10.4. The van der Waals surface area contributed by atoms with Crippen LogP contribution < -0.4 is 5.32 Å². The highest BCUT2D eigenvalue weighted by atomic mass is 16.6. The zero-order valence-corrected chi connectivity index (χ0v) is 12.5. The molecule has 1 saturated carbocycles. The van der Waals surface area contributed by atoms with Crippen molar-refractivity contribution in [2.24, 2.45) is 17.8 Å². The highest BCUT2D eigenvalue weighted by molar-refractivity contribution is 5.77. The van der Waals surface area contributed by atoms with Gasteiger partial charge in [0.1, 0.15) is 5.60 Å². The van der Waals surface area contributed by atoms with Gasteiger partial charge >= 0.3 is 12.1 Å². The molecule has 4 unspecified atom stereocenters. The van der Waals surface area contributed by atoms with E-state index in [9.17, 15) is 9.59 Å². The summed E-state index contributed by atoms with van der Waals surface area (Å²) in [7, 11) is 0. The van der Waals surface area contributed by atoms with Crippen molar-refractivity contribution in [3.8, 4) is 0 Å². The van der Waals surface area contributed by atoms with Gasteiger partial charge in [0.15, 0.2) is 0 Å². The number of carbonyl (C=O) groups excluding carboxylic acids is 2.